The summed E-state index contributed by atoms with van der Waals surface area (Å²) in [6.45, 7) is -0.190. The molecule has 0 unspecified atom stereocenters. The minimum atomic E-state index is -2.62. The van der Waals surface area contributed by atoms with Crippen LogP contribution in [0.15, 0.2) is 0 Å². The van der Waals surface area contributed by atoms with Crippen molar-refractivity contribution in [2.75, 3.05) is 39.6 Å². The minimum absolute atomic E-state index is 0.0810. The van der Waals surface area contributed by atoms with E-state index in [1.165, 1.54) is 0 Å². The second-order valence-corrected chi connectivity index (χ2v) is 6.60. The number of aliphatic hydroxyl groups excluding tert-OH is 3. The van der Waals surface area contributed by atoms with Gasteiger partial charge < -0.3 is 0 Å². The van der Waals surface area contributed by atoms with E-state index < -0.39 is 6.19 Å². The normalized spacial score (nSPS) is 11.9. The van der Waals surface area contributed by atoms with E-state index in [-0.39, 0.29) is 39.6 Å². The maximum atomic E-state index is 8.55. The van der Waals surface area contributed by atoms with Crippen LogP contribution >= 0.6 is 6.19 Å². The van der Waals surface area contributed by atoms with E-state index in [1.54, 1.807) is 0 Å². The van der Waals surface area contributed by atoms with Crippen LogP contribution in [0.5, 0.6) is 0 Å². The van der Waals surface area contributed by atoms with Crippen LogP contribution in [0.4, 0.5) is 0 Å². The molecule has 0 atom stereocenters. The molecule has 14 heavy (non-hydrogen) atoms. The molecule has 0 saturated carbocycles. The fourth-order valence-electron chi connectivity index (χ4n) is 0.570. The average molecular weight is 293 g/mol. The first-order valence-electron chi connectivity index (χ1n) is 4.05. The first-order chi connectivity index (χ1) is 6.68. The summed E-state index contributed by atoms with van der Waals surface area (Å²) in [7, 11) is 0. The van der Waals surface area contributed by atoms with Crippen molar-refractivity contribution in [1.29, 1.82) is 0 Å². The van der Waals surface area contributed by atoms with Crippen LogP contribution in [0.25, 0.3) is 0 Å². The molecule has 0 radical (unpaired) electrons. The van der Waals surface area contributed by atoms with E-state index in [1.807, 2.05) is 0 Å². The van der Waals surface area contributed by atoms with Crippen LogP contribution in [-0.4, -0.2) is 70.1 Å². The van der Waals surface area contributed by atoms with E-state index in [4.69, 9.17) is 28.9 Å². The van der Waals surface area contributed by atoms with Crippen LogP contribution in [-0.2, 0) is 13.6 Å². The Hall–Kier alpha value is 0.709. The van der Waals surface area contributed by atoms with Crippen LogP contribution in [0.3, 0.4) is 0 Å². The Labute approximate surface area is 90.3 Å². The van der Waals surface area contributed by atoms with Crippen LogP contribution in [0, 0.1) is 0 Å². The number of hydrogen-bond acceptors (Lipinski definition) is 6. The maximum absolute atomic E-state index is 8.55. The van der Waals surface area contributed by atoms with Gasteiger partial charge in [0.25, 0.3) is 0 Å². The van der Waals surface area contributed by atoms with Gasteiger partial charge in [0.2, 0.25) is 0 Å². The summed E-state index contributed by atoms with van der Waals surface area (Å²) >= 11 is 2.61. The number of hydrogen-bond donors (Lipinski definition) is 3. The van der Waals surface area contributed by atoms with Gasteiger partial charge in [-0.15, -0.1) is 0 Å². The van der Waals surface area contributed by atoms with Crippen molar-refractivity contribution < 1.29 is 28.9 Å². The topological polar surface area (TPSA) is 88.4 Å². The molecule has 0 spiro atoms. The Kier molecular flexibility index (Phi) is 9.43. The first kappa shape index (κ1) is 14.7. The average Bonchev–Trinajstić information content (AvgIpc) is 2.21. The molecule has 0 aliphatic heterocycles. The summed E-state index contributed by atoms with van der Waals surface area (Å²) < 4.78 is 15.4. The third-order valence-corrected chi connectivity index (χ3v) is 4.51. The molecule has 6 nitrogen and oxygen atoms in total. The van der Waals surface area contributed by atoms with Gasteiger partial charge in [0.15, 0.2) is 0 Å². The van der Waals surface area contributed by atoms with Gasteiger partial charge in [-0.1, -0.05) is 0 Å². The third kappa shape index (κ3) is 7.06. The van der Waals surface area contributed by atoms with Gasteiger partial charge in [-0.05, 0) is 0 Å². The Bertz CT molecular complexity index is 149. The van der Waals surface area contributed by atoms with Gasteiger partial charge in [0, 0.05) is 0 Å². The molecule has 0 aromatic rings. The molecular formula is C6H15O6PSe. The fraction of sp³-hybridized carbons (Fsp3) is 1.00. The first-order valence-corrected chi connectivity index (χ1v) is 7.80. The van der Waals surface area contributed by atoms with Gasteiger partial charge in [-0.2, -0.15) is 0 Å². The van der Waals surface area contributed by atoms with Crippen molar-refractivity contribution >= 4 is 21.3 Å². The summed E-state index contributed by atoms with van der Waals surface area (Å²) in [5.74, 6) is 0. The van der Waals surface area contributed by atoms with E-state index in [0.29, 0.717) is 0 Å². The summed E-state index contributed by atoms with van der Waals surface area (Å²) in [6.07, 6.45) is -2.62. The van der Waals surface area contributed by atoms with Crippen molar-refractivity contribution in [3.8, 4) is 0 Å². The summed E-state index contributed by atoms with van der Waals surface area (Å²) in [6, 6.07) is 0. The fourth-order valence-corrected chi connectivity index (χ4v) is 3.12. The molecule has 86 valence electrons. The Morgan fingerprint density at radius 2 is 1.07 bits per heavy atom. The molecule has 0 aromatic heterocycles. The van der Waals surface area contributed by atoms with Crippen LogP contribution < -0.4 is 0 Å². The monoisotopic (exact) mass is 294 g/mol. The Balaban J connectivity index is 3.97. The summed E-state index contributed by atoms with van der Waals surface area (Å²) in [4.78, 5) is 0. The molecule has 0 aromatic carbocycles. The molecule has 0 bridgehead atoms. The van der Waals surface area contributed by atoms with Crippen molar-refractivity contribution in [2.24, 2.45) is 0 Å². The van der Waals surface area contributed by atoms with Crippen LogP contribution in [0.1, 0.15) is 0 Å². The predicted molar refractivity (Wildman–Crippen MR) is 51.8 cm³/mol. The summed E-state index contributed by atoms with van der Waals surface area (Å²) in [5, 5.41) is 25.6. The molecule has 0 amide bonds. The molecule has 8 heteroatoms. The molecule has 3 N–H and O–H groups in total. The molecule has 0 aliphatic rings. The second-order valence-electron chi connectivity index (χ2n) is 2.12. The van der Waals surface area contributed by atoms with Gasteiger partial charge >= 0.3 is 89.8 Å². The van der Waals surface area contributed by atoms with Crippen molar-refractivity contribution in [1.82, 2.24) is 0 Å². The predicted octanol–water partition coefficient (Wildman–Crippen LogP) is -1.14. The van der Waals surface area contributed by atoms with Gasteiger partial charge in [-0.25, -0.2) is 0 Å². The van der Waals surface area contributed by atoms with Crippen molar-refractivity contribution in [2.45, 2.75) is 0 Å². The third-order valence-electron chi connectivity index (χ3n) is 1.02. The SMILES string of the molecule is OCCOP(=[Se])(OCCO)OCCO. The van der Waals surface area contributed by atoms with Crippen molar-refractivity contribution in [3.63, 3.8) is 0 Å². The van der Waals surface area contributed by atoms with E-state index in [0.717, 1.165) is 0 Å². The molecule has 0 heterocycles. The number of rotatable bonds is 9. The van der Waals surface area contributed by atoms with E-state index in [9.17, 15) is 0 Å². The molecule has 0 rings (SSSR count). The molecular weight excluding hydrogens is 278 g/mol. The van der Waals surface area contributed by atoms with Crippen LogP contribution in [0.2, 0.25) is 0 Å². The zero-order chi connectivity index (χ0) is 10.9. The van der Waals surface area contributed by atoms with E-state index in [2.05, 4.69) is 15.1 Å². The molecule has 0 aliphatic carbocycles. The van der Waals surface area contributed by atoms with E-state index >= 15 is 0 Å². The molecule has 0 saturated heterocycles. The Morgan fingerprint density at radius 3 is 1.29 bits per heavy atom. The van der Waals surface area contributed by atoms with Gasteiger partial charge in [0.1, 0.15) is 0 Å². The standard InChI is InChI=1S/C6H15O6PSe/c7-1-4-10-13(14,11-5-2-8)12-6-3-9/h7-9H,1-6H2. The second kappa shape index (κ2) is 8.97. The van der Waals surface area contributed by atoms with Gasteiger partial charge in [0.05, 0.1) is 0 Å². The number of aliphatic hydroxyl groups is 3. The quantitative estimate of drug-likeness (QED) is 0.368. The van der Waals surface area contributed by atoms with Gasteiger partial charge in [-0.3, -0.25) is 0 Å². The zero-order valence-corrected chi connectivity index (χ0v) is 10.3. The van der Waals surface area contributed by atoms with Crippen molar-refractivity contribution in [3.05, 3.63) is 0 Å². The zero-order valence-electron chi connectivity index (χ0n) is 7.66. The summed E-state index contributed by atoms with van der Waals surface area (Å²) in [5.41, 5.74) is 0. The Morgan fingerprint density at radius 1 is 0.786 bits per heavy atom. The molecule has 0 fully saturated rings.